The van der Waals surface area contributed by atoms with Gasteiger partial charge < -0.3 is 15.0 Å². The van der Waals surface area contributed by atoms with Gasteiger partial charge in [0.2, 0.25) is 0 Å². The first kappa shape index (κ1) is 21.5. The van der Waals surface area contributed by atoms with Gasteiger partial charge in [-0.25, -0.2) is 19.6 Å². The normalized spacial score (nSPS) is 19.2. The molecular formula is C22H22F3N7O. The van der Waals surface area contributed by atoms with Crippen molar-refractivity contribution in [2.24, 2.45) is 5.92 Å². The van der Waals surface area contributed by atoms with E-state index in [2.05, 4.69) is 25.0 Å². The Labute approximate surface area is 187 Å². The van der Waals surface area contributed by atoms with Crippen LogP contribution >= 0.6 is 0 Å². The van der Waals surface area contributed by atoms with Gasteiger partial charge >= 0.3 is 6.18 Å². The number of aromatic amines is 1. The predicted octanol–water partition coefficient (Wildman–Crippen LogP) is 3.30. The standard InChI is InChI=1S/C22H22F3N7O/c1-2-31-8-6-16(12-31)21(33,22(23,24)25)15-3-4-18(27-10-15)32-11-14(9-30-32)17-5-7-26-20-19(17)28-13-29-20/h3-5,7,9-11,13,16,33H,2,6,8,12H2,1H3,(H,26,28,29)/t16?,21-/m1/s1. The zero-order chi connectivity index (χ0) is 23.2. The number of aromatic nitrogens is 6. The van der Waals surface area contributed by atoms with Crippen molar-refractivity contribution in [3.05, 3.63) is 54.9 Å². The minimum atomic E-state index is -4.82. The third-order valence-electron chi connectivity index (χ3n) is 6.38. The van der Waals surface area contributed by atoms with Crippen molar-refractivity contribution in [2.45, 2.75) is 25.1 Å². The van der Waals surface area contributed by atoms with Crippen LogP contribution in [0.5, 0.6) is 0 Å². The topological polar surface area (TPSA) is 95.8 Å². The van der Waals surface area contributed by atoms with Gasteiger partial charge in [0.05, 0.1) is 12.5 Å². The van der Waals surface area contributed by atoms with E-state index in [1.54, 1.807) is 24.9 Å². The van der Waals surface area contributed by atoms with E-state index in [9.17, 15) is 18.3 Å². The van der Waals surface area contributed by atoms with Gasteiger partial charge in [0, 0.05) is 47.7 Å². The molecule has 11 heteroatoms. The molecule has 0 aliphatic carbocycles. The van der Waals surface area contributed by atoms with Gasteiger partial charge in [-0.2, -0.15) is 18.3 Å². The van der Waals surface area contributed by atoms with Crippen molar-refractivity contribution in [3.8, 4) is 16.9 Å². The molecule has 1 fully saturated rings. The van der Waals surface area contributed by atoms with E-state index < -0.39 is 17.7 Å². The largest absolute Gasteiger partial charge is 0.421 e. The number of pyridine rings is 2. The molecule has 4 aromatic rings. The molecule has 0 spiro atoms. The van der Waals surface area contributed by atoms with Crippen molar-refractivity contribution in [2.75, 3.05) is 19.6 Å². The number of rotatable bonds is 5. The quantitative estimate of drug-likeness (QED) is 0.478. The van der Waals surface area contributed by atoms with E-state index in [0.29, 0.717) is 30.1 Å². The molecule has 1 unspecified atom stereocenters. The number of imidazole rings is 1. The van der Waals surface area contributed by atoms with Crippen molar-refractivity contribution in [1.82, 2.24) is 34.6 Å². The van der Waals surface area contributed by atoms with Crippen molar-refractivity contribution in [3.63, 3.8) is 0 Å². The van der Waals surface area contributed by atoms with Gasteiger partial charge in [0.15, 0.2) is 17.1 Å². The summed E-state index contributed by atoms with van der Waals surface area (Å²) in [5.41, 5.74) is -0.312. The third kappa shape index (κ3) is 3.57. The monoisotopic (exact) mass is 457 g/mol. The van der Waals surface area contributed by atoms with Crippen molar-refractivity contribution >= 4 is 11.2 Å². The maximum absolute atomic E-state index is 14.1. The van der Waals surface area contributed by atoms with Crippen LogP contribution in [-0.4, -0.2) is 65.5 Å². The van der Waals surface area contributed by atoms with Gasteiger partial charge in [0.25, 0.3) is 0 Å². The van der Waals surface area contributed by atoms with E-state index in [0.717, 1.165) is 17.3 Å². The molecule has 1 aliphatic heterocycles. The van der Waals surface area contributed by atoms with Crippen LogP contribution in [0.25, 0.3) is 28.1 Å². The lowest BCUT2D eigenvalue weighted by molar-refractivity contribution is -0.285. The third-order valence-corrected chi connectivity index (χ3v) is 6.38. The number of hydrogen-bond donors (Lipinski definition) is 2. The van der Waals surface area contributed by atoms with Crippen LogP contribution in [0.1, 0.15) is 18.9 Å². The highest BCUT2D eigenvalue weighted by Crippen LogP contribution is 2.47. The Kier molecular flexibility index (Phi) is 5.17. The number of halogens is 3. The molecule has 2 N–H and O–H groups in total. The average Bonchev–Trinajstić information content (AvgIpc) is 3.58. The Balaban J connectivity index is 1.45. The van der Waals surface area contributed by atoms with E-state index in [4.69, 9.17) is 0 Å². The molecule has 0 bridgehead atoms. The fraction of sp³-hybridized carbons (Fsp3) is 0.364. The van der Waals surface area contributed by atoms with Crippen molar-refractivity contribution < 1.29 is 18.3 Å². The number of hydrogen-bond acceptors (Lipinski definition) is 6. The van der Waals surface area contributed by atoms with Crippen LogP contribution in [0.15, 0.2) is 49.3 Å². The number of H-pyrrole nitrogens is 1. The molecule has 0 amide bonds. The Morgan fingerprint density at radius 1 is 1.15 bits per heavy atom. The highest BCUT2D eigenvalue weighted by Gasteiger charge is 2.60. The first-order valence-corrected chi connectivity index (χ1v) is 10.6. The highest BCUT2D eigenvalue weighted by molar-refractivity contribution is 5.88. The van der Waals surface area contributed by atoms with Crippen LogP contribution in [0.3, 0.4) is 0 Å². The molecule has 1 aliphatic rings. The number of alkyl halides is 3. The van der Waals surface area contributed by atoms with E-state index in [1.165, 1.54) is 16.8 Å². The highest BCUT2D eigenvalue weighted by atomic mass is 19.4. The summed E-state index contributed by atoms with van der Waals surface area (Å²) in [5.74, 6) is -0.618. The summed E-state index contributed by atoms with van der Waals surface area (Å²) in [5, 5.41) is 15.2. The first-order valence-electron chi connectivity index (χ1n) is 10.6. The molecule has 33 heavy (non-hydrogen) atoms. The molecule has 8 nitrogen and oxygen atoms in total. The molecule has 0 saturated carbocycles. The molecule has 172 valence electrons. The summed E-state index contributed by atoms with van der Waals surface area (Å²) in [6.45, 7) is 3.25. The van der Waals surface area contributed by atoms with Gasteiger partial charge in [-0.05, 0) is 31.6 Å². The second-order valence-corrected chi connectivity index (χ2v) is 8.18. The number of aliphatic hydroxyl groups is 1. The van der Waals surface area contributed by atoms with Crippen LogP contribution in [0, 0.1) is 5.92 Å². The van der Waals surface area contributed by atoms with Gasteiger partial charge in [-0.1, -0.05) is 13.0 Å². The maximum Gasteiger partial charge on any atom is 0.421 e. The lowest BCUT2D eigenvalue weighted by Gasteiger charge is -2.36. The Bertz CT molecular complexity index is 1270. The van der Waals surface area contributed by atoms with Crippen LogP contribution in [0.4, 0.5) is 13.2 Å². The lowest BCUT2D eigenvalue weighted by Crippen LogP contribution is -2.49. The summed E-state index contributed by atoms with van der Waals surface area (Å²) in [6, 6.07) is 4.53. The maximum atomic E-state index is 14.1. The Hall–Kier alpha value is -3.31. The van der Waals surface area contributed by atoms with Gasteiger partial charge in [0.1, 0.15) is 5.52 Å². The second-order valence-electron chi connectivity index (χ2n) is 8.18. The molecule has 5 rings (SSSR count). The molecule has 1 saturated heterocycles. The number of nitrogens with one attached hydrogen (secondary N) is 1. The fourth-order valence-corrected chi connectivity index (χ4v) is 4.51. The SMILES string of the molecule is CCN1CCC([C@](O)(c2ccc(-n3cc(-c4ccnc5[nH]cnc45)cn3)nc2)C(F)(F)F)C1. The van der Waals surface area contributed by atoms with Crippen LogP contribution < -0.4 is 0 Å². The smallest absolute Gasteiger partial charge is 0.376 e. The van der Waals surface area contributed by atoms with E-state index >= 15 is 0 Å². The Morgan fingerprint density at radius 3 is 2.70 bits per heavy atom. The summed E-state index contributed by atoms with van der Waals surface area (Å²) in [6.07, 6.45) is 3.09. The fourth-order valence-electron chi connectivity index (χ4n) is 4.51. The van der Waals surface area contributed by atoms with Gasteiger partial charge in [-0.3, -0.25) is 0 Å². The second kappa shape index (κ2) is 7.92. The molecule has 0 aromatic carbocycles. The van der Waals surface area contributed by atoms with Gasteiger partial charge in [-0.15, -0.1) is 0 Å². The molecule has 4 aromatic heterocycles. The van der Waals surface area contributed by atoms with E-state index in [-0.39, 0.29) is 18.5 Å². The van der Waals surface area contributed by atoms with Crippen LogP contribution in [-0.2, 0) is 5.60 Å². The molecule has 5 heterocycles. The van der Waals surface area contributed by atoms with Crippen molar-refractivity contribution in [1.29, 1.82) is 0 Å². The summed E-state index contributed by atoms with van der Waals surface area (Å²) >= 11 is 0. The summed E-state index contributed by atoms with van der Waals surface area (Å²) < 4.78 is 43.7. The number of likely N-dealkylation sites (tertiary alicyclic amines) is 1. The number of fused-ring (bicyclic) bond motifs is 1. The summed E-state index contributed by atoms with van der Waals surface area (Å²) in [7, 11) is 0. The molecule has 2 atom stereocenters. The zero-order valence-corrected chi connectivity index (χ0v) is 17.8. The molecule has 0 radical (unpaired) electrons. The first-order chi connectivity index (χ1) is 15.8. The minimum Gasteiger partial charge on any atom is -0.376 e. The van der Waals surface area contributed by atoms with E-state index in [1.807, 2.05) is 17.9 Å². The predicted molar refractivity (Wildman–Crippen MR) is 114 cm³/mol. The number of nitrogens with zero attached hydrogens (tertiary/aromatic N) is 6. The summed E-state index contributed by atoms with van der Waals surface area (Å²) in [4.78, 5) is 17.5. The van der Waals surface area contributed by atoms with Crippen LogP contribution in [0.2, 0.25) is 0 Å². The Morgan fingerprint density at radius 2 is 2.00 bits per heavy atom. The lowest BCUT2D eigenvalue weighted by atomic mass is 9.80. The average molecular weight is 457 g/mol. The minimum absolute atomic E-state index is 0.185. The molecular weight excluding hydrogens is 435 g/mol. The zero-order valence-electron chi connectivity index (χ0n) is 17.8.